The lowest BCUT2D eigenvalue weighted by atomic mass is 10.1. The van der Waals surface area contributed by atoms with Crippen LogP contribution in [0.4, 0.5) is 0 Å². The van der Waals surface area contributed by atoms with Crippen LogP contribution in [0, 0.1) is 0 Å². The number of carboxylic acids is 2. The average molecular weight is 278 g/mol. The van der Waals surface area contributed by atoms with Crippen LogP contribution in [0.3, 0.4) is 0 Å². The number of aliphatic carboxylic acids is 2. The van der Waals surface area contributed by atoms with Crippen LogP contribution in [0.15, 0.2) is 0 Å². The quantitative estimate of drug-likeness (QED) is 0.469. The molecule has 0 heterocycles. The Hall–Kier alpha value is -1.67. The van der Waals surface area contributed by atoms with E-state index in [1.807, 2.05) is 19.0 Å². The maximum atomic E-state index is 10.5. The third-order valence-corrected chi connectivity index (χ3v) is 1.87. The van der Waals surface area contributed by atoms with E-state index in [2.05, 4.69) is 5.32 Å². The van der Waals surface area contributed by atoms with Crippen molar-refractivity contribution in [1.82, 2.24) is 10.2 Å². The SMILES string of the molecule is CC(=O)N[C@@H](CCC(=O)O)C(=O)O.CN(C)CCO. The topological polar surface area (TPSA) is 127 Å². The van der Waals surface area contributed by atoms with Crippen molar-refractivity contribution in [3.63, 3.8) is 0 Å². The summed E-state index contributed by atoms with van der Waals surface area (Å²) in [5.41, 5.74) is 0. The fraction of sp³-hybridized carbons (Fsp3) is 0.727. The first-order valence-corrected chi connectivity index (χ1v) is 5.68. The molecule has 112 valence electrons. The zero-order chi connectivity index (χ0) is 15.4. The summed E-state index contributed by atoms with van der Waals surface area (Å²) in [6.07, 6.45) is -0.387. The Balaban J connectivity index is 0. The summed E-state index contributed by atoms with van der Waals surface area (Å²) in [4.78, 5) is 33.0. The van der Waals surface area contributed by atoms with Gasteiger partial charge in [-0.1, -0.05) is 0 Å². The highest BCUT2D eigenvalue weighted by atomic mass is 16.4. The highest BCUT2D eigenvalue weighted by Crippen LogP contribution is 1.97. The van der Waals surface area contributed by atoms with Crippen molar-refractivity contribution in [3.05, 3.63) is 0 Å². The van der Waals surface area contributed by atoms with Crippen molar-refractivity contribution in [2.45, 2.75) is 25.8 Å². The molecule has 0 rings (SSSR count). The maximum absolute atomic E-state index is 10.5. The van der Waals surface area contributed by atoms with E-state index in [-0.39, 0.29) is 19.4 Å². The molecule has 0 aliphatic rings. The van der Waals surface area contributed by atoms with Crippen LogP contribution >= 0.6 is 0 Å². The number of nitrogens with one attached hydrogen (secondary N) is 1. The Morgan fingerprint density at radius 2 is 1.74 bits per heavy atom. The summed E-state index contributed by atoms with van der Waals surface area (Å²) in [5.74, 6) is -2.80. The van der Waals surface area contributed by atoms with Crippen molar-refractivity contribution in [2.75, 3.05) is 27.2 Å². The van der Waals surface area contributed by atoms with E-state index in [0.717, 1.165) is 6.54 Å². The number of aliphatic hydroxyl groups excluding tert-OH is 1. The van der Waals surface area contributed by atoms with E-state index in [4.69, 9.17) is 15.3 Å². The third kappa shape index (κ3) is 16.3. The van der Waals surface area contributed by atoms with Crippen LogP contribution in [-0.2, 0) is 14.4 Å². The van der Waals surface area contributed by atoms with E-state index >= 15 is 0 Å². The van der Waals surface area contributed by atoms with Crippen molar-refractivity contribution in [3.8, 4) is 0 Å². The number of aliphatic hydroxyl groups is 1. The van der Waals surface area contributed by atoms with Gasteiger partial charge in [0.2, 0.25) is 5.91 Å². The molecule has 0 spiro atoms. The fourth-order valence-corrected chi connectivity index (χ4v) is 0.971. The summed E-state index contributed by atoms with van der Waals surface area (Å²) >= 11 is 0. The van der Waals surface area contributed by atoms with Gasteiger partial charge in [-0.3, -0.25) is 9.59 Å². The number of carboxylic acid groups (broad SMARTS) is 2. The Labute approximate surface area is 112 Å². The normalized spacial score (nSPS) is 11.2. The van der Waals surface area contributed by atoms with Crippen LogP contribution in [0.25, 0.3) is 0 Å². The molecule has 0 aliphatic carbocycles. The molecule has 0 aromatic rings. The van der Waals surface area contributed by atoms with Gasteiger partial charge in [-0.2, -0.15) is 0 Å². The number of rotatable bonds is 7. The summed E-state index contributed by atoms with van der Waals surface area (Å²) in [5, 5.41) is 27.1. The van der Waals surface area contributed by atoms with E-state index in [1.165, 1.54) is 6.92 Å². The van der Waals surface area contributed by atoms with Gasteiger partial charge in [0.25, 0.3) is 0 Å². The van der Waals surface area contributed by atoms with Crippen LogP contribution < -0.4 is 5.32 Å². The molecule has 0 saturated carbocycles. The lowest BCUT2D eigenvalue weighted by Crippen LogP contribution is -2.39. The number of hydrogen-bond acceptors (Lipinski definition) is 5. The molecule has 0 fully saturated rings. The van der Waals surface area contributed by atoms with Gasteiger partial charge >= 0.3 is 11.9 Å². The second-order valence-electron chi connectivity index (χ2n) is 4.05. The lowest BCUT2D eigenvalue weighted by Gasteiger charge is -2.10. The van der Waals surface area contributed by atoms with Crippen molar-refractivity contribution >= 4 is 17.8 Å². The molecule has 19 heavy (non-hydrogen) atoms. The first-order valence-electron chi connectivity index (χ1n) is 5.68. The molecule has 0 radical (unpaired) electrons. The monoisotopic (exact) mass is 278 g/mol. The number of likely N-dealkylation sites (N-methyl/N-ethyl adjacent to an activating group) is 1. The first kappa shape index (κ1) is 19.7. The summed E-state index contributed by atoms with van der Waals surface area (Å²) in [7, 11) is 3.85. The van der Waals surface area contributed by atoms with E-state index in [9.17, 15) is 14.4 Å². The van der Waals surface area contributed by atoms with Gasteiger partial charge < -0.3 is 25.5 Å². The zero-order valence-corrected chi connectivity index (χ0v) is 11.4. The van der Waals surface area contributed by atoms with Gasteiger partial charge in [0.05, 0.1) is 6.61 Å². The van der Waals surface area contributed by atoms with E-state index < -0.39 is 23.9 Å². The van der Waals surface area contributed by atoms with Gasteiger partial charge in [-0.25, -0.2) is 4.79 Å². The molecule has 8 nitrogen and oxygen atoms in total. The summed E-state index contributed by atoms with van der Waals surface area (Å²) in [6.45, 7) is 2.20. The molecule has 0 aromatic carbocycles. The van der Waals surface area contributed by atoms with Crippen molar-refractivity contribution in [1.29, 1.82) is 0 Å². The number of nitrogens with zero attached hydrogens (tertiary/aromatic N) is 1. The molecular formula is C11H22N2O6. The first-order chi connectivity index (χ1) is 8.70. The Morgan fingerprint density at radius 3 is 1.95 bits per heavy atom. The number of carbonyl (C=O) groups is 3. The minimum atomic E-state index is -1.23. The largest absolute Gasteiger partial charge is 0.481 e. The van der Waals surface area contributed by atoms with Crippen molar-refractivity contribution in [2.24, 2.45) is 0 Å². The Morgan fingerprint density at radius 1 is 1.21 bits per heavy atom. The van der Waals surface area contributed by atoms with Gasteiger partial charge in [-0.05, 0) is 20.5 Å². The number of amides is 1. The Bertz CT molecular complexity index is 293. The molecule has 0 unspecified atom stereocenters. The van der Waals surface area contributed by atoms with Crippen LogP contribution in [0.2, 0.25) is 0 Å². The number of carbonyl (C=O) groups excluding carboxylic acids is 1. The lowest BCUT2D eigenvalue weighted by molar-refractivity contribution is -0.142. The van der Waals surface area contributed by atoms with E-state index in [0.29, 0.717) is 0 Å². The molecular weight excluding hydrogens is 256 g/mol. The van der Waals surface area contributed by atoms with Gasteiger partial charge in [0.1, 0.15) is 6.04 Å². The molecule has 0 aliphatic heterocycles. The average Bonchev–Trinajstić information content (AvgIpc) is 2.23. The predicted octanol–water partition coefficient (Wildman–Crippen LogP) is -1.02. The third-order valence-electron chi connectivity index (χ3n) is 1.87. The molecule has 0 aromatic heterocycles. The summed E-state index contributed by atoms with van der Waals surface area (Å²) in [6, 6.07) is -1.12. The van der Waals surface area contributed by atoms with Crippen LogP contribution in [0.5, 0.6) is 0 Å². The van der Waals surface area contributed by atoms with Crippen molar-refractivity contribution < 1.29 is 29.7 Å². The highest BCUT2D eigenvalue weighted by molar-refractivity contribution is 5.82. The van der Waals surface area contributed by atoms with Gasteiger partial charge in [0, 0.05) is 19.9 Å². The number of hydrogen-bond donors (Lipinski definition) is 4. The second kappa shape index (κ2) is 11.4. The zero-order valence-electron chi connectivity index (χ0n) is 11.4. The maximum Gasteiger partial charge on any atom is 0.326 e. The van der Waals surface area contributed by atoms with Gasteiger partial charge in [-0.15, -0.1) is 0 Å². The summed E-state index contributed by atoms with van der Waals surface area (Å²) < 4.78 is 0. The Kier molecular flexibility index (Phi) is 11.8. The smallest absolute Gasteiger partial charge is 0.326 e. The molecule has 0 bridgehead atoms. The molecule has 8 heteroatoms. The molecule has 4 N–H and O–H groups in total. The van der Waals surface area contributed by atoms with Gasteiger partial charge in [0.15, 0.2) is 0 Å². The van der Waals surface area contributed by atoms with Crippen LogP contribution in [0.1, 0.15) is 19.8 Å². The molecule has 0 saturated heterocycles. The predicted molar refractivity (Wildman–Crippen MR) is 67.8 cm³/mol. The van der Waals surface area contributed by atoms with E-state index in [1.54, 1.807) is 0 Å². The van der Waals surface area contributed by atoms with Crippen LogP contribution in [-0.4, -0.2) is 71.4 Å². The molecule has 1 amide bonds. The second-order valence-corrected chi connectivity index (χ2v) is 4.05. The molecule has 1 atom stereocenters. The fourth-order valence-electron chi connectivity index (χ4n) is 0.971. The standard InChI is InChI=1S/C7H11NO5.C4H11NO/c1-4(9)8-5(7(12)13)2-3-6(10)11;1-5(2)3-4-6/h5H,2-3H2,1H3,(H,8,9)(H,10,11)(H,12,13);6H,3-4H2,1-2H3/t5-;/m0./s1. The minimum absolute atomic E-state index is 0.107. The minimum Gasteiger partial charge on any atom is -0.481 e. The highest BCUT2D eigenvalue weighted by Gasteiger charge is 2.18.